The van der Waals surface area contributed by atoms with E-state index in [-0.39, 0.29) is 6.61 Å². The highest BCUT2D eigenvalue weighted by Gasteiger charge is 2.26. The van der Waals surface area contributed by atoms with Crippen LogP contribution in [0.1, 0.15) is 41.1 Å². The summed E-state index contributed by atoms with van der Waals surface area (Å²) in [5.41, 5.74) is 6.43. The van der Waals surface area contributed by atoms with E-state index in [1.165, 1.54) is 0 Å². The number of amides is 1. The molecule has 7 nitrogen and oxygen atoms in total. The maximum absolute atomic E-state index is 12.5. The van der Waals surface area contributed by atoms with Crippen molar-refractivity contribution in [2.75, 3.05) is 5.32 Å². The fourth-order valence-corrected chi connectivity index (χ4v) is 4.87. The van der Waals surface area contributed by atoms with Crippen molar-refractivity contribution in [2.45, 2.75) is 38.7 Å². The highest BCUT2D eigenvalue weighted by molar-refractivity contribution is 6.31. The fraction of sp³-hybridized carbons (Fsp3) is 0.207. The van der Waals surface area contributed by atoms with Crippen LogP contribution in [0.2, 0.25) is 5.02 Å². The number of rotatable bonds is 6. The molecule has 0 fully saturated rings. The van der Waals surface area contributed by atoms with Gasteiger partial charge in [0.25, 0.3) is 0 Å². The van der Waals surface area contributed by atoms with Crippen LogP contribution in [0.3, 0.4) is 0 Å². The van der Waals surface area contributed by atoms with Gasteiger partial charge < -0.3 is 14.4 Å². The Bertz CT molecular complexity index is 1460. The van der Waals surface area contributed by atoms with Gasteiger partial charge in [-0.15, -0.1) is 0 Å². The summed E-state index contributed by atoms with van der Waals surface area (Å²) < 4.78 is 10.9. The summed E-state index contributed by atoms with van der Waals surface area (Å²) in [5.74, 6) is -0.775. The van der Waals surface area contributed by atoms with E-state index in [9.17, 15) is 14.7 Å². The van der Waals surface area contributed by atoms with E-state index in [4.69, 9.17) is 20.9 Å². The van der Waals surface area contributed by atoms with E-state index in [1.807, 2.05) is 48.5 Å². The number of fused-ring (bicyclic) bond motifs is 1. The van der Waals surface area contributed by atoms with Gasteiger partial charge in [-0.05, 0) is 54.5 Å². The number of benzene rings is 3. The van der Waals surface area contributed by atoms with Gasteiger partial charge in [0, 0.05) is 16.1 Å². The van der Waals surface area contributed by atoms with Crippen LogP contribution < -0.4 is 5.32 Å². The Balaban J connectivity index is 1.32. The normalized spacial score (nSPS) is 14.6. The number of nitrogens with zero attached hydrogens (tertiary/aromatic N) is 1. The van der Waals surface area contributed by atoms with Crippen LogP contribution in [0.5, 0.6) is 0 Å². The van der Waals surface area contributed by atoms with Crippen molar-refractivity contribution in [1.29, 1.82) is 0 Å². The third-order valence-electron chi connectivity index (χ3n) is 6.64. The molecule has 0 radical (unpaired) electrons. The molecule has 188 valence electrons. The number of hydrogen-bond donors (Lipinski definition) is 2. The molecule has 8 heteroatoms. The molecule has 0 saturated carbocycles. The molecule has 5 rings (SSSR count). The lowest BCUT2D eigenvalue weighted by molar-refractivity contribution is -0.139. The highest BCUT2D eigenvalue weighted by Crippen LogP contribution is 2.36. The molecule has 1 unspecified atom stereocenters. The first-order valence-electron chi connectivity index (χ1n) is 12.0. The Kier molecular flexibility index (Phi) is 6.97. The number of carboxylic acids is 1. The molecule has 1 aromatic heterocycles. The van der Waals surface area contributed by atoms with E-state index in [1.54, 1.807) is 19.1 Å². The van der Waals surface area contributed by atoms with Gasteiger partial charge in [-0.1, -0.05) is 77.4 Å². The molecule has 0 aliphatic heterocycles. The van der Waals surface area contributed by atoms with Crippen LogP contribution in [0.15, 0.2) is 71.3 Å². The molecule has 2 N–H and O–H groups in total. The average molecular weight is 517 g/mol. The summed E-state index contributed by atoms with van der Waals surface area (Å²) in [6.07, 6.45) is 1.78. The van der Waals surface area contributed by atoms with E-state index < -0.39 is 18.0 Å². The number of nitrogens with one attached hydrogen (secondary N) is 1. The number of carboxylic acid groups (broad SMARTS) is 1. The molecular weight excluding hydrogens is 492 g/mol. The lowest BCUT2D eigenvalue weighted by Crippen LogP contribution is -2.17. The van der Waals surface area contributed by atoms with Crippen LogP contribution in [0.4, 0.5) is 10.5 Å². The topological polar surface area (TPSA) is 102 Å². The van der Waals surface area contributed by atoms with Crippen LogP contribution >= 0.6 is 11.6 Å². The maximum atomic E-state index is 12.5. The van der Waals surface area contributed by atoms with Gasteiger partial charge in [-0.3, -0.25) is 10.1 Å². The Morgan fingerprint density at radius 3 is 2.57 bits per heavy atom. The van der Waals surface area contributed by atoms with Crippen molar-refractivity contribution in [3.8, 4) is 22.5 Å². The molecule has 37 heavy (non-hydrogen) atoms. The molecule has 0 saturated heterocycles. The monoisotopic (exact) mass is 516 g/mol. The summed E-state index contributed by atoms with van der Waals surface area (Å²) in [6.45, 7) is 1.77. The van der Waals surface area contributed by atoms with Gasteiger partial charge in [0.15, 0.2) is 5.76 Å². The number of carbonyl (C=O) groups is 2. The van der Waals surface area contributed by atoms with Crippen molar-refractivity contribution in [3.63, 3.8) is 0 Å². The second-order valence-electron chi connectivity index (χ2n) is 9.04. The summed E-state index contributed by atoms with van der Waals surface area (Å²) in [6, 6.07) is 20.9. The van der Waals surface area contributed by atoms with E-state index in [0.29, 0.717) is 34.1 Å². The first kappa shape index (κ1) is 24.6. The van der Waals surface area contributed by atoms with Crippen molar-refractivity contribution in [3.05, 3.63) is 94.1 Å². The van der Waals surface area contributed by atoms with Gasteiger partial charge in [-0.25, -0.2) is 4.79 Å². The van der Waals surface area contributed by atoms with E-state index in [0.717, 1.165) is 40.7 Å². The summed E-state index contributed by atoms with van der Waals surface area (Å²) in [4.78, 5) is 24.1. The highest BCUT2D eigenvalue weighted by atomic mass is 35.5. The van der Waals surface area contributed by atoms with Crippen molar-refractivity contribution >= 4 is 29.4 Å². The van der Waals surface area contributed by atoms with E-state index in [2.05, 4.69) is 16.5 Å². The second-order valence-corrected chi connectivity index (χ2v) is 9.45. The predicted molar refractivity (Wildman–Crippen MR) is 141 cm³/mol. The number of ether oxygens (including phenoxy) is 1. The third kappa shape index (κ3) is 5.22. The van der Waals surface area contributed by atoms with Crippen LogP contribution in [0, 0.1) is 6.92 Å². The van der Waals surface area contributed by atoms with Gasteiger partial charge >= 0.3 is 12.1 Å². The lowest BCUT2D eigenvalue weighted by Gasteiger charge is -2.23. The predicted octanol–water partition coefficient (Wildman–Crippen LogP) is 7.22. The molecule has 0 spiro atoms. The van der Waals surface area contributed by atoms with Gasteiger partial charge in [-0.2, -0.15) is 0 Å². The molecule has 1 amide bonds. The number of anilines is 1. The fourth-order valence-electron chi connectivity index (χ4n) is 4.68. The zero-order chi connectivity index (χ0) is 25.9. The lowest BCUT2D eigenvalue weighted by atomic mass is 9.81. The second kappa shape index (κ2) is 10.5. The Morgan fingerprint density at radius 2 is 1.81 bits per heavy atom. The average Bonchev–Trinajstić information content (AvgIpc) is 3.27. The van der Waals surface area contributed by atoms with Crippen LogP contribution in [-0.4, -0.2) is 22.3 Å². The number of aromatic nitrogens is 1. The minimum Gasteiger partial charge on any atom is -0.481 e. The van der Waals surface area contributed by atoms with Crippen molar-refractivity contribution < 1.29 is 24.0 Å². The quantitative estimate of drug-likeness (QED) is 0.280. The minimum atomic E-state index is -0.766. The van der Waals surface area contributed by atoms with E-state index >= 15 is 0 Å². The third-order valence-corrected chi connectivity index (χ3v) is 7.01. The molecule has 4 aromatic rings. The molecular formula is C29H25ClN2O5. The standard InChI is InChI=1S/C29H25ClN2O5/c1-17-26(31-29(35)36-16-22-5-2-3-8-25(22)30)27(37-32-17)19-11-9-18(10-12-19)20-13-14-23-21(15-20)6-4-7-24(23)28(33)34/h2-3,5,8-15,24H,4,6-7,16H2,1H3,(H,31,35)(H,33,34). The number of aliphatic carboxylic acids is 1. The SMILES string of the molecule is Cc1noc(-c2ccc(-c3ccc4c(c3)CCCC4C(=O)O)cc2)c1NC(=O)OCc1ccccc1Cl. The molecule has 3 aromatic carbocycles. The first-order valence-corrected chi connectivity index (χ1v) is 12.4. The van der Waals surface area contributed by atoms with Crippen LogP contribution in [-0.2, 0) is 22.6 Å². The van der Waals surface area contributed by atoms with Crippen molar-refractivity contribution in [2.24, 2.45) is 0 Å². The number of aryl methyl sites for hydroxylation is 2. The first-order chi connectivity index (χ1) is 17.9. The molecule has 1 aliphatic rings. The molecule has 0 bridgehead atoms. The number of halogens is 1. The summed E-state index contributed by atoms with van der Waals surface area (Å²) in [7, 11) is 0. The van der Waals surface area contributed by atoms with Gasteiger partial charge in [0.1, 0.15) is 18.0 Å². The molecule has 1 heterocycles. The Hall–Kier alpha value is -4.10. The smallest absolute Gasteiger partial charge is 0.412 e. The van der Waals surface area contributed by atoms with Crippen LogP contribution in [0.25, 0.3) is 22.5 Å². The zero-order valence-electron chi connectivity index (χ0n) is 20.2. The van der Waals surface area contributed by atoms with Gasteiger partial charge in [0.05, 0.1) is 5.92 Å². The Morgan fingerprint density at radius 1 is 1.08 bits per heavy atom. The maximum Gasteiger partial charge on any atom is 0.412 e. The summed E-state index contributed by atoms with van der Waals surface area (Å²) >= 11 is 6.13. The van der Waals surface area contributed by atoms with Gasteiger partial charge in [0.2, 0.25) is 0 Å². The Labute approximate surface area is 219 Å². The number of hydrogen-bond acceptors (Lipinski definition) is 5. The number of carbonyl (C=O) groups excluding carboxylic acids is 1. The molecule has 1 atom stereocenters. The molecule has 1 aliphatic carbocycles. The summed E-state index contributed by atoms with van der Waals surface area (Å²) in [5, 5.41) is 16.8. The zero-order valence-corrected chi connectivity index (χ0v) is 20.9. The van der Waals surface area contributed by atoms with Crippen molar-refractivity contribution in [1.82, 2.24) is 5.16 Å². The largest absolute Gasteiger partial charge is 0.481 e. The minimum absolute atomic E-state index is 0.0356.